The van der Waals surface area contributed by atoms with Crippen molar-refractivity contribution in [3.63, 3.8) is 0 Å². The van der Waals surface area contributed by atoms with Crippen molar-refractivity contribution < 1.29 is 9.59 Å². The molecule has 6 nitrogen and oxygen atoms in total. The van der Waals surface area contributed by atoms with Gasteiger partial charge >= 0.3 is 0 Å². The van der Waals surface area contributed by atoms with Crippen LogP contribution in [0.25, 0.3) is 0 Å². The standard InChI is InChI=1S/C10H14N4O2/c1-5-3-4-7(9(15)13-11)6(2)8(5)10(16)14-12/h3-4H,11-12H2,1-2H3,(H,13,15)(H,14,16). The number of benzene rings is 1. The molecule has 0 atom stereocenters. The lowest BCUT2D eigenvalue weighted by Gasteiger charge is -2.11. The second-order valence-corrected chi connectivity index (χ2v) is 3.38. The zero-order chi connectivity index (χ0) is 12.3. The van der Waals surface area contributed by atoms with Gasteiger partial charge in [0.25, 0.3) is 11.8 Å². The summed E-state index contributed by atoms with van der Waals surface area (Å²) in [6, 6.07) is 3.28. The van der Waals surface area contributed by atoms with Crippen LogP contribution in [0.4, 0.5) is 0 Å². The summed E-state index contributed by atoms with van der Waals surface area (Å²) in [5, 5.41) is 0. The van der Waals surface area contributed by atoms with E-state index in [1.165, 1.54) is 0 Å². The molecule has 0 bridgehead atoms. The van der Waals surface area contributed by atoms with Crippen LogP contribution in [0.5, 0.6) is 0 Å². The van der Waals surface area contributed by atoms with Gasteiger partial charge in [0.2, 0.25) is 0 Å². The van der Waals surface area contributed by atoms with Gasteiger partial charge in [-0.15, -0.1) is 0 Å². The third-order valence-electron chi connectivity index (χ3n) is 2.41. The Morgan fingerprint density at radius 3 is 2.12 bits per heavy atom. The van der Waals surface area contributed by atoms with E-state index in [0.29, 0.717) is 16.7 Å². The molecule has 0 spiro atoms. The predicted octanol–water partition coefficient (Wildman–Crippen LogP) is -0.490. The first-order valence-electron chi connectivity index (χ1n) is 4.65. The highest BCUT2D eigenvalue weighted by Crippen LogP contribution is 2.17. The SMILES string of the molecule is Cc1ccc(C(=O)NN)c(C)c1C(=O)NN. The molecule has 0 unspecified atom stereocenters. The van der Waals surface area contributed by atoms with Crippen molar-refractivity contribution in [1.82, 2.24) is 10.9 Å². The maximum atomic E-state index is 11.5. The Kier molecular flexibility index (Phi) is 3.60. The van der Waals surface area contributed by atoms with Crippen molar-refractivity contribution in [2.24, 2.45) is 11.7 Å². The van der Waals surface area contributed by atoms with E-state index < -0.39 is 11.8 Å². The fourth-order valence-corrected chi connectivity index (χ4v) is 1.59. The molecule has 0 aliphatic rings. The van der Waals surface area contributed by atoms with Crippen molar-refractivity contribution in [3.05, 3.63) is 34.4 Å². The fourth-order valence-electron chi connectivity index (χ4n) is 1.59. The van der Waals surface area contributed by atoms with E-state index >= 15 is 0 Å². The van der Waals surface area contributed by atoms with Crippen molar-refractivity contribution in [1.29, 1.82) is 0 Å². The van der Waals surface area contributed by atoms with Crippen molar-refractivity contribution >= 4 is 11.8 Å². The van der Waals surface area contributed by atoms with Crippen LogP contribution >= 0.6 is 0 Å². The monoisotopic (exact) mass is 222 g/mol. The highest BCUT2D eigenvalue weighted by Gasteiger charge is 2.17. The number of nitrogen functional groups attached to an aromatic ring is 2. The molecule has 0 saturated heterocycles. The van der Waals surface area contributed by atoms with Crippen LogP contribution in [0, 0.1) is 13.8 Å². The number of rotatable bonds is 2. The quantitative estimate of drug-likeness (QED) is 0.307. The first-order chi connectivity index (χ1) is 7.52. The maximum Gasteiger partial charge on any atom is 0.265 e. The summed E-state index contributed by atoms with van der Waals surface area (Å²) in [5.74, 6) is 9.25. The van der Waals surface area contributed by atoms with Crippen molar-refractivity contribution in [3.8, 4) is 0 Å². The predicted molar refractivity (Wildman–Crippen MR) is 59.2 cm³/mol. The molecule has 0 aliphatic carbocycles. The molecular formula is C10H14N4O2. The molecular weight excluding hydrogens is 208 g/mol. The van der Waals surface area contributed by atoms with E-state index in [4.69, 9.17) is 11.7 Å². The van der Waals surface area contributed by atoms with Crippen LogP contribution in [-0.4, -0.2) is 11.8 Å². The van der Waals surface area contributed by atoms with Crippen LogP contribution in [0.2, 0.25) is 0 Å². The van der Waals surface area contributed by atoms with Gasteiger partial charge < -0.3 is 0 Å². The molecule has 0 radical (unpaired) electrons. The van der Waals surface area contributed by atoms with E-state index in [9.17, 15) is 9.59 Å². The van der Waals surface area contributed by atoms with Crippen LogP contribution in [-0.2, 0) is 0 Å². The minimum absolute atomic E-state index is 0.353. The van der Waals surface area contributed by atoms with Crippen LogP contribution < -0.4 is 22.5 Å². The lowest BCUT2D eigenvalue weighted by molar-refractivity contribution is 0.0952. The van der Waals surface area contributed by atoms with Gasteiger partial charge in [-0.25, -0.2) is 11.7 Å². The summed E-state index contributed by atoms with van der Waals surface area (Å²) in [5.41, 5.74) is 6.11. The third kappa shape index (κ3) is 2.02. The number of amides is 2. The molecule has 0 aliphatic heterocycles. The van der Waals surface area contributed by atoms with Crippen LogP contribution in [0.15, 0.2) is 12.1 Å². The molecule has 0 heterocycles. The lowest BCUT2D eigenvalue weighted by atomic mass is 9.97. The number of hydrazine groups is 2. The first kappa shape index (κ1) is 12.2. The Bertz CT molecular complexity index is 443. The maximum absolute atomic E-state index is 11.5. The molecule has 0 aromatic heterocycles. The van der Waals surface area contributed by atoms with Gasteiger partial charge in [-0.2, -0.15) is 0 Å². The van der Waals surface area contributed by atoms with E-state index in [0.717, 1.165) is 5.56 Å². The largest absolute Gasteiger partial charge is 0.290 e. The lowest BCUT2D eigenvalue weighted by Crippen LogP contribution is -2.33. The van der Waals surface area contributed by atoms with Gasteiger partial charge in [0.15, 0.2) is 0 Å². The third-order valence-corrected chi connectivity index (χ3v) is 2.41. The summed E-state index contributed by atoms with van der Waals surface area (Å²) in [6.07, 6.45) is 0. The smallest absolute Gasteiger partial charge is 0.265 e. The normalized spacial score (nSPS) is 9.75. The molecule has 6 heteroatoms. The molecule has 1 aromatic carbocycles. The Morgan fingerprint density at radius 1 is 1.06 bits per heavy atom. The summed E-state index contributed by atoms with van der Waals surface area (Å²) >= 11 is 0. The number of carbonyl (C=O) groups excluding carboxylic acids is 2. The fraction of sp³-hybridized carbons (Fsp3) is 0.200. The van der Waals surface area contributed by atoms with Gasteiger partial charge in [-0.3, -0.25) is 20.4 Å². The Morgan fingerprint density at radius 2 is 1.62 bits per heavy atom. The molecule has 1 aromatic rings. The van der Waals surface area contributed by atoms with E-state index in [1.807, 2.05) is 10.9 Å². The Hall–Kier alpha value is -1.92. The molecule has 1 rings (SSSR count). The number of hydrogen-bond donors (Lipinski definition) is 4. The summed E-state index contributed by atoms with van der Waals surface area (Å²) in [6.45, 7) is 3.43. The topological polar surface area (TPSA) is 110 Å². The summed E-state index contributed by atoms with van der Waals surface area (Å²) in [7, 11) is 0. The number of nitrogens with two attached hydrogens (primary N) is 2. The van der Waals surface area contributed by atoms with E-state index in [-0.39, 0.29) is 0 Å². The molecule has 86 valence electrons. The number of aryl methyl sites for hydroxylation is 1. The second-order valence-electron chi connectivity index (χ2n) is 3.38. The first-order valence-corrected chi connectivity index (χ1v) is 4.65. The van der Waals surface area contributed by atoms with Gasteiger partial charge in [0.05, 0.1) is 0 Å². The number of hydrogen-bond acceptors (Lipinski definition) is 4. The average molecular weight is 222 g/mol. The summed E-state index contributed by atoms with van der Waals surface area (Å²) in [4.78, 5) is 22.9. The van der Waals surface area contributed by atoms with Crippen LogP contribution in [0.3, 0.4) is 0 Å². The van der Waals surface area contributed by atoms with Gasteiger partial charge in [-0.1, -0.05) is 6.07 Å². The van der Waals surface area contributed by atoms with Crippen molar-refractivity contribution in [2.75, 3.05) is 0 Å². The molecule has 0 fully saturated rings. The number of nitrogens with one attached hydrogen (secondary N) is 2. The van der Waals surface area contributed by atoms with Crippen LogP contribution in [0.1, 0.15) is 31.8 Å². The van der Waals surface area contributed by atoms with Gasteiger partial charge in [0.1, 0.15) is 0 Å². The van der Waals surface area contributed by atoms with Gasteiger partial charge in [-0.05, 0) is 31.0 Å². The van der Waals surface area contributed by atoms with E-state index in [1.54, 1.807) is 26.0 Å². The molecule has 2 amide bonds. The second kappa shape index (κ2) is 4.73. The zero-order valence-electron chi connectivity index (χ0n) is 9.13. The zero-order valence-corrected chi connectivity index (χ0v) is 9.13. The Balaban J connectivity index is 3.38. The highest BCUT2D eigenvalue weighted by molar-refractivity contribution is 6.02. The molecule has 16 heavy (non-hydrogen) atoms. The Labute approximate surface area is 92.9 Å². The average Bonchev–Trinajstić information content (AvgIpc) is 2.28. The summed E-state index contributed by atoms with van der Waals surface area (Å²) < 4.78 is 0. The van der Waals surface area contributed by atoms with Gasteiger partial charge in [0, 0.05) is 11.1 Å². The number of carbonyl (C=O) groups is 2. The highest BCUT2D eigenvalue weighted by atomic mass is 16.2. The van der Waals surface area contributed by atoms with E-state index in [2.05, 4.69) is 0 Å². The minimum atomic E-state index is -0.441. The van der Waals surface area contributed by atoms with Crippen molar-refractivity contribution in [2.45, 2.75) is 13.8 Å². The molecule has 6 N–H and O–H groups in total. The minimum Gasteiger partial charge on any atom is -0.290 e. The molecule has 0 saturated carbocycles.